The van der Waals surface area contributed by atoms with E-state index in [-0.39, 0.29) is 5.38 Å². The first kappa shape index (κ1) is 17.0. The molecule has 2 unspecified atom stereocenters. The van der Waals surface area contributed by atoms with Gasteiger partial charge in [-0.3, -0.25) is 4.68 Å². The molecule has 0 bridgehead atoms. The molecule has 1 N–H and O–H groups in total. The monoisotopic (exact) mass is 327 g/mol. The SMILES string of the molecule is CCC(Cl)C(O)(CCCC(C)(Cl)Cl)Cn1cncn1. The molecule has 1 aromatic heterocycles. The largest absolute Gasteiger partial charge is 0.386 e. The van der Waals surface area contributed by atoms with Gasteiger partial charge >= 0.3 is 0 Å². The fraction of sp³-hybridized carbons (Fsp3) is 0.833. The minimum Gasteiger partial charge on any atom is -0.386 e. The van der Waals surface area contributed by atoms with Crippen molar-refractivity contribution in [1.82, 2.24) is 14.8 Å². The number of rotatable bonds is 8. The Balaban J connectivity index is 2.65. The van der Waals surface area contributed by atoms with Gasteiger partial charge in [0, 0.05) is 0 Å². The molecule has 1 rings (SSSR count). The molecule has 110 valence electrons. The molecular formula is C12H20Cl3N3O. The summed E-state index contributed by atoms with van der Waals surface area (Å²) in [6.07, 6.45) is 5.48. The molecule has 0 aliphatic heterocycles. The number of halogens is 3. The third kappa shape index (κ3) is 5.86. The van der Waals surface area contributed by atoms with Crippen LogP contribution in [0.1, 0.15) is 39.5 Å². The normalized spacial score (nSPS) is 17.2. The molecule has 0 amide bonds. The molecule has 7 heteroatoms. The number of aliphatic hydroxyl groups is 1. The van der Waals surface area contributed by atoms with Crippen LogP contribution in [0.5, 0.6) is 0 Å². The highest BCUT2D eigenvalue weighted by molar-refractivity contribution is 6.48. The quantitative estimate of drug-likeness (QED) is 0.744. The zero-order valence-electron chi connectivity index (χ0n) is 11.2. The van der Waals surface area contributed by atoms with E-state index < -0.39 is 9.93 Å². The van der Waals surface area contributed by atoms with Crippen LogP contribution in [0, 0.1) is 0 Å². The van der Waals surface area contributed by atoms with E-state index in [1.807, 2.05) is 6.92 Å². The summed E-state index contributed by atoms with van der Waals surface area (Å²) in [4.78, 5) is 3.87. The maximum Gasteiger partial charge on any atom is 0.137 e. The van der Waals surface area contributed by atoms with E-state index in [9.17, 15) is 5.11 Å². The second-order valence-electron chi connectivity index (χ2n) is 5.00. The standard InChI is InChI=1S/C12H20Cl3N3O/c1-3-10(13)12(19,6-4-5-11(2,14)15)7-18-9-16-8-17-18/h8-10,19H,3-7H2,1-2H3. The third-order valence-electron chi connectivity index (χ3n) is 3.07. The molecule has 0 aliphatic rings. The van der Waals surface area contributed by atoms with Crippen LogP contribution in [0.3, 0.4) is 0 Å². The molecule has 2 atom stereocenters. The molecule has 4 nitrogen and oxygen atoms in total. The van der Waals surface area contributed by atoms with E-state index >= 15 is 0 Å². The van der Waals surface area contributed by atoms with Gasteiger partial charge in [-0.05, 0) is 32.6 Å². The van der Waals surface area contributed by atoms with Crippen LogP contribution in [0.25, 0.3) is 0 Å². The molecule has 0 spiro atoms. The van der Waals surface area contributed by atoms with Crippen LogP contribution >= 0.6 is 34.8 Å². The number of hydrogen-bond donors (Lipinski definition) is 1. The molecule has 0 aliphatic carbocycles. The lowest BCUT2D eigenvalue weighted by atomic mass is 9.90. The Hall–Kier alpha value is -0.0300. The van der Waals surface area contributed by atoms with Gasteiger partial charge in [0.25, 0.3) is 0 Å². The van der Waals surface area contributed by atoms with Crippen LogP contribution in [0.2, 0.25) is 0 Å². The summed E-state index contributed by atoms with van der Waals surface area (Å²) in [5.41, 5.74) is -1.04. The van der Waals surface area contributed by atoms with Crippen molar-refractivity contribution in [3.05, 3.63) is 12.7 Å². The summed E-state index contributed by atoms with van der Waals surface area (Å²) < 4.78 is 0.813. The summed E-state index contributed by atoms with van der Waals surface area (Å²) in [7, 11) is 0. The fourth-order valence-electron chi connectivity index (χ4n) is 2.01. The molecule has 0 radical (unpaired) electrons. The molecule has 19 heavy (non-hydrogen) atoms. The highest BCUT2D eigenvalue weighted by atomic mass is 35.5. The van der Waals surface area contributed by atoms with Crippen molar-refractivity contribution in [1.29, 1.82) is 0 Å². The van der Waals surface area contributed by atoms with E-state index in [0.717, 1.165) is 0 Å². The number of alkyl halides is 3. The summed E-state index contributed by atoms with van der Waals surface area (Å²) in [5.74, 6) is 0. The van der Waals surface area contributed by atoms with Gasteiger partial charge in [0.05, 0.1) is 11.9 Å². The first-order chi connectivity index (χ1) is 8.77. The van der Waals surface area contributed by atoms with Crippen LogP contribution in [0.15, 0.2) is 12.7 Å². The molecular weight excluding hydrogens is 309 g/mol. The maximum absolute atomic E-state index is 10.7. The molecule has 0 saturated heterocycles. The second kappa shape index (κ2) is 7.11. The lowest BCUT2D eigenvalue weighted by Crippen LogP contribution is -2.43. The minimum atomic E-state index is -1.04. The zero-order valence-corrected chi connectivity index (χ0v) is 13.5. The Morgan fingerprint density at radius 2 is 2.05 bits per heavy atom. The van der Waals surface area contributed by atoms with Crippen molar-refractivity contribution < 1.29 is 5.11 Å². The molecule has 1 heterocycles. The zero-order chi connectivity index (χ0) is 14.5. The first-order valence-electron chi connectivity index (χ1n) is 6.33. The predicted octanol–water partition coefficient (Wildman–Crippen LogP) is 3.39. The van der Waals surface area contributed by atoms with Crippen molar-refractivity contribution >= 4 is 34.8 Å². The summed E-state index contributed by atoms with van der Waals surface area (Å²) >= 11 is 18.1. The summed E-state index contributed by atoms with van der Waals surface area (Å²) in [6, 6.07) is 0. The third-order valence-corrected chi connectivity index (χ3v) is 4.16. The van der Waals surface area contributed by atoms with E-state index in [0.29, 0.717) is 32.2 Å². The highest BCUT2D eigenvalue weighted by Gasteiger charge is 2.35. The maximum atomic E-state index is 10.7. The smallest absolute Gasteiger partial charge is 0.137 e. The lowest BCUT2D eigenvalue weighted by Gasteiger charge is -2.32. The van der Waals surface area contributed by atoms with Gasteiger partial charge in [-0.2, -0.15) is 5.10 Å². The Bertz CT molecular complexity index is 367. The van der Waals surface area contributed by atoms with E-state index in [1.54, 1.807) is 17.9 Å². The molecule has 0 fully saturated rings. The van der Waals surface area contributed by atoms with Crippen LogP contribution in [-0.2, 0) is 6.54 Å². The average molecular weight is 329 g/mol. The van der Waals surface area contributed by atoms with Crippen molar-refractivity contribution in [2.75, 3.05) is 0 Å². The number of hydrogen-bond acceptors (Lipinski definition) is 3. The van der Waals surface area contributed by atoms with E-state index in [2.05, 4.69) is 10.1 Å². The van der Waals surface area contributed by atoms with Crippen LogP contribution in [0.4, 0.5) is 0 Å². The summed E-state index contributed by atoms with van der Waals surface area (Å²) in [5, 5.41) is 14.4. The van der Waals surface area contributed by atoms with Gasteiger partial charge in [0.1, 0.15) is 22.6 Å². The van der Waals surface area contributed by atoms with Crippen molar-refractivity contribution in [2.24, 2.45) is 0 Å². The van der Waals surface area contributed by atoms with Gasteiger partial charge in [-0.15, -0.1) is 34.8 Å². The predicted molar refractivity (Wildman–Crippen MR) is 78.9 cm³/mol. The van der Waals surface area contributed by atoms with Crippen molar-refractivity contribution in [3.63, 3.8) is 0 Å². The Kier molecular flexibility index (Phi) is 6.37. The molecule has 0 aromatic carbocycles. The molecule has 1 aromatic rings. The Morgan fingerprint density at radius 3 is 2.53 bits per heavy atom. The average Bonchev–Trinajstić information content (AvgIpc) is 2.78. The highest BCUT2D eigenvalue weighted by Crippen LogP contribution is 2.32. The van der Waals surface area contributed by atoms with Gasteiger partial charge < -0.3 is 5.11 Å². The van der Waals surface area contributed by atoms with Gasteiger partial charge in [0.15, 0.2) is 0 Å². The second-order valence-corrected chi connectivity index (χ2v) is 7.38. The van der Waals surface area contributed by atoms with Crippen molar-refractivity contribution in [3.8, 4) is 0 Å². The first-order valence-corrected chi connectivity index (χ1v) is 7.53. The minimum absolute atomic E-state index is 0.316. The lowest BCUT2D eigenvalue weighted by molar-refractivity contribution is 0.00365. The number of aromatic nitrogens is 3. The topological polar surface area (TPSA) is 50.9 Å². The van der Waals surface area contributed by atoms with Gasteiger partial charge in [0.2, 0.25) is 0 Å². The van der Waals surface area contributed by atoms with Gasteiger partial charge in [-0.25, -0.2) is 4.98 Å². The van der Waals surface area contributed by atoms with E-state index in [1.165, 1.54) is 6.33 Å². The van der Waals surface area contributed by atoms with Crippen LogP contribution < -0.4 is 0 Å². The Morgan fingerprint density at radius 1 is 1.37 bits per heavy atom. The van der Waals surface area contributed by atoms with Gasteiger partial charge in [-0.1, -0.05) is 6.92 Å². The fourth-order valence-corrected chi connectivity index (χ4v) is 2.46. The number of nitrogens with zero attached hydrogens (tertiary/aromatic N) is 3. The van der Waals surface area contributed by atoms with Crippen molar-refractivity contribution in [2.45, 2.75) is 61.4 Å². The molecule has 0 saturated carbocycles. The van der Waals surface area contributed by atoms with Crippen LogP contribution in [-0.4, -0.2) is 35.2 Å². The van der Waals surface area contributed by atoms with E-state index in [4.69, 9.17) is 34.8 Å². The summed E-state index contributed by atoms with van der Waals surface area (Å²) in [6.45, 7) is 4.00. The Labute approximate surface area is 129 Å².